The average Bonchev–Trinajstić information content (AvgIpc) is 2.66. The predicted molar refractivity (Wildman–Crippen MR) is 124 cm³/mol. The molecule has 0 fully saturated rings. The molecule has 0 rings (SSSR count). The highest BCUT2D eigenvalue weighted by atomic mass is 32.2. The van der Waals surface area contributed by atoms with Crippen molar-refractivity contribution < 1.29 is 13.0 Å². The number of unbranched alkanes of at least 4 members (excludes halogenated alkanes) is 13. The van der Waals surface area contributed by atoms with Crippen molar-refractivity contribution in [3.05, 3.63) is 12.7 Å². The Hall–Kier alpha value is -0.390. The van der Waals surface area contributed by atoms with Crippen molar-refractivity contribution in [2.45, 2.75) is 128 Å². The highest BCUT2D eigenvalue weighted by Crippen LogP contribution is 2.19. The Morgan fingerprint density at radius 2 is 1.04 bits per heavy atom. The van der Waals surface area contributed by atoms with E-state index in [0.29, 0.717) is 19.4 Å². The van der Waals surface area contributed by atoms with E-state index in [1.54, 1.807) is 6.08 Å². The molecule has 0 saturated carbocycles. The van der Waals surface area contributed by atoms with E-state index in [0.717, 1.165) is 25.7 Å². The van der Waals surface area contributed by atoms with Crippen LogP contribution in [0.25, 0.3) is 0 Å². The lowest BCUT2D eigenvalue weighted by molar-refractivity contribution is 0.442. The van der Waals surface area contributed by atoms with Crippen LogP contribution in [0.3, 0.4) is 0 Å². The minimum atomic E-state index is -3.87. The first kappa shape index (κ1) is 29.8. The van der Waals surface area contributed by atoms with E-state index >= 15 is 0 Å². The number of hydrogen-bond donors (Lipinski definition) is 2. The van der Waals surface area contributed by atoms with Crippen LogP contribution >= 0.6 is 0 Å². The molecule has 5 heteroatoms. The van der Waals surface area contributed by atoms with Gasteiger partial charge in [0.2, 0.25) is 0 Å². The topological polar surface area (TPSA) is 80.4 Å². The molecule has 0 aliphatic carbocycles. The van der Waals surface area contributed by atoms with Gasteiger partial charge in [0, 0.05) is 6.54 Å². The third-order valence-corrected chi connectivity index (χ3v) is 6.41. The molecule has 3 N–H and O–H groups in total. The second-order valence-electron chi connectivity index (χ2n) is 7.83. The molecule has 1 atom stereocenters. The molecule has 0 radical (unpaired) electrons. The SMILES string of the molecule is C=CCN.CCCCCCCCCCCC(CCCCCCCC)S(=O)(=O)O. The van der Waals surface area contributed by atoms with Crippen molar-refractivity contribution in [3.63, 3.8) is 0 Å². The fourth-order valence-electron chi connectivity index (χ4n) is 3.28. The maximum Gasteiger partial charge on any atom is 0.267 e. The molecule has 0 saturated heterocycles. The molecule has 0 aromatic rings. The van der Waals surface area contributed by atoms with E-state index in [2.05, 4.69) is 20.4 Å². The van der Waals surface area contributed by atoms with Gasteiger partial charge < -0.3 is 5.73 Å². The minimum absolute atomic E-state index is 0.534. The summed E-state index contributed by atoms with van der Waals surface area (Å²) in [6, 6.07) is 0. The monoisotopic (exact) mass is 419 g/mol. The standard InChI is InChI=1S/C20H42O3S.C3H7N/c1-3-5-7-9-11-12-13-15-17-19-20(24(21,22)23)18-16-14-10-8-6-4-2;1-2-3-4/h20H,3-19H2,1-2H3,(H,21,22,23);2H,1,3-4H2. The van der Waals surface area contributed by atoms with Gasteiger partial charge in [-0.3, -0.25) is 4.55 Å². The molecular weight excluding hydrogens is 370 g/mol. The molecule has 0 bridgehead atoms. The van der Waals surface area contributed by atoms with Gasteiger partial charge in [0.1, 0.15) is 0 Å². The lowest BCUT2D eigenvalue weighted by Crippen LogP contribution is -2.20. The Morgan fingerprint density at radius 3 is 1.29 bits per heavy atom. The van der Waals surface area contributed by atoms with E-state index in [4.69, 9.17) is 5.73 Å². The van der Waals surface area contributed by atoms with Gasteiger partial charge in [-0.05, 0) is 12.8 Å². The van der Waals surface area contributed by atoms with E-state index in [1.807, 2.05) is 0 Å². The van der Waals surface area contributed by atoms with Gasteiger partial charge in [-0.1, -0.05) is 116 Å². The van der Waals surface area contributed by atoms with Crippen molar-refractivity contribution in [3.8, 4) is 0 Å². The Kier molecular flexibility index (Phi) is 24.4. The molecule has 4 nitrogen and oxygen atoms in total. The Labute approximate surface area is 176 Å². The molecule has 170 valence electrons. The van der Waals surface area contributed by atoms with Crippen molar-refractivity contribution in [1.29, 1.82) is 0 Å². The van der Waals surface area contributed by atoms with E-state index in [9.17, 15) is 13.0 Å². The molecule has 0 heterocycles. The normalized spacial score (nSPS) is 12.3. The van der Waals surface area contributed by atoms with Gasteiger partial charge in [0.15, 0.2) is 0 Å². The lowest BCUT2D eigenvalue weighted by Gasteiger charge is -2.13. The molecule has 0 aromatic carbocycles. The minimum Gasteiger partial charge on any atom is -0.327 e. The summed E-state index contributed by atoms with van der Waals surface area (Å²) in [6.45, 7) is 8.36. The first-order chi connectivity index (χ1) is 13.4. The fraction of sp³-hybridized carbons (Fsp3) is 0.913. The summed E-state index contributed by atoms with van der Waals surface area (Å²) in [5.74, 6) is 0. The summed E-state index contributed by atoms with van der Waals surface area (Å²) >= 11 is 0. The summed E-state index contributed by atoms with van der Waals surface area (Å²) in [7, 11) is -3.87. The number of nitrogens with two attached hydrogens (primary N) is 1. The van der Waals surface area contributed by atoms with Crippen LogP contribution < -0.4 is 5.73 Å². The molecular formula is C23H49NO3S. The third-order valence-electron chi connectivity index (χ3n) is 5.10. The number of hydrogen-bond acceptors (Lipinski definition) is 3. The maximum absolute atomic E-state index is 11.5. The van der Waals surface area contributed by atoms with Crippen LogP contribution in [-0.4, -0.2) is 24.8 Å². The van der Waals surface area contributed by atoms with Gasteiger partial charge >= 0.3 is 0 Å². The first-order valence-corrected chi connectivity index (χ1v) is 13.2. The summed E-state index contributed by atoms with van der Waals surface area (Å²) < 4.78 is 32.5. The maximum atomic E-state index is 11.5. The largest absolute Gasteiger partial charge is 0.327 e. The zero-order valence-electron chi connectivity index (χ0n) is 18.8. The smallest absolute Gasteiger partial charge is 0.267 e. The predicted octanol–water partition coefficient (Wildman–Crippen LogP) is 7.05. The molecule has 0 aliphatic heterocycles. The van der Waals surface area contributed by atoms with Crippen LogP contribution in [0.5, 0.6) is 0 Å². The van der Waals surface area contributed by atoms with Crippen LogP contribution in [0, 0.1) is 0 Å². The first-order valence-electron chi connectivity index (χ1n) is 11.7. The van der Waals surface area contributed by atoms with Crippen LogP contribution in [0.2, 0.25) is 0 Å². The molecule has 28 heavy (non-hydrogen) atoms. The van der Waals surface area contributed by atoms with Gasteiger partial charge in [0.25, 0.3) is 10.1 Å². The highest BCUT2D eigenvalue weighted by molar-refractivity contribution is 7.86. The molecule has 0 amide bonds. The summed E-state index contributed by atoms with van der Waals surface area (Å²) in [5, 5.41) is -0.534. The Morgan fingerprint density at radius 1 is 0.750 bits per heavy atom. The Bertz CT molecular complexity index is 410. The van der Waals surface area contributed by atoms with Gasteiger partial charge in [-0.25, -0.2) is 0 Å². The van der Waals surface area contributed by atoms with E-state index in [1.165, 1.54) is 70.6 Å². The van der Waals surface area contributed by atoms with Crippen LogP contribution in [-0.2, 0) is 10.1 Å². The average molecular weight is 420 g/mol. The molecule has 0 aromatic heterocycles. The van der Waals surface area contributed by atoms with Crippen LogP contribution in [0.4, 0.5) is 0 Å². The molecule has 1 unspecified atom stereocenters. The summed E-state index contributed by atoms with van der Waals surface area (Å²) in [6.07, 6.45) is 20.9. The summed E-state index contributed by atoms with van der Waals surface area (Å²) in [5.41, 5.74) is 4.91. The molecule has 0 spiro atoms. The lowest BCUT2D eigenvalue weighted by atomic mass is 10.0. The van der Waals surface area contributed by atoms with Crippen LogP contribution in [0.1, 0.15) is 123 Å². The van der Waals surface area contributed by atoms with Gasteiger partial charge in [0.05, 0.1) is 5.25 Å². The fourth-order valence-corrected chi connectivity index (χ4v) is 4.21. The molecule has 0 aliphatic rings. The van der Waals surface area contributed by atoms with Crippen molar-refractivity contribution >= 4 is 10.1 Å². The van der Waals surface area contributed by atoms with Crippen molar-refractivity contribution in [2.24, 2.45) is 5.73 Å². The van der Waals surface area contributed by atoms with Crippen molar-refractivity contribution in [2.75, 3.05) is 6.54 Å². The zero-order chi connectivity index (χ0) is 21.5. The Balaban J connectivity index is 0. The zero-order valence-corrected chi connectivity index (χ0v) is 19.7. The summed E-state index contributed by atoms with van der Waals surface area (Å²) in [4.78, 5) is 0. The highest BCUT2D eigenvalue weighted by Gasteiger charge is 2.21. The second-order valence-corrected chi connectivity index (χ2v) is 9.53. The van der Waals surface area contributed by atoms with Gasteiger partial charge in [-0.15, -0.1) is 6.58 Å². The van der Waals surface area contributed by atoms with Crippen LogP contribution in [0.15, 0.2) is 12.7 Å². The van der Waals surface area contributed by atoms with E-state index in [-0.39, 0.29) is 0 Å². The van der Waals surface area contributed by atoms with E-state index < -0.39 is 15.4 Å². The quantitative estimate of drug-likeness (QED) is 0.134. The van der Waals surface area contributed by atoms with Crippen molar-refractivity contribution in [1.82, 2.24) is 0 Å². The number of rotatable bonds is 19. The third kappa shape index (κ3) is 23.6. The second kappa shape index (κ2) is 22.9. The van der Waals surface area contributed by atoms with Gasteiger partial charge in [-0.2, -0.15) is 8.42 Å².